The number of aromatic hydroxyl groups is 1. The highest BCUT2D eigenvalue weighted by Crippen LogP contribution is 2.31. The van der Waals surface area contributed by atoms with E-state index in [-0.39, 0.29) is 22.4 Å². The molecule has 2 saturated heterocycles. The molecule has 0 spiro atoms. The van der Waals surface area contributed by atoms with Gasteiger partial charge in [-0.2, -0.15) is 4.31 Å². The molecular weight excluding hydrogens is 290 g/mol. The number of benzene rings is 1. The van der Waals surface area contributed by atoms with Gasteiger partial charge >= 0.3 is 0 Å². The molecule has 1 aromatic carbocycles. The van der Waals surface area contributed by atoms with Crippen LogP contribution in [0.2, 0.25) is 0 Å². The fourth-order valence-electron chi connectivity index (χ4n) is 3.32. The van der Waals surface area contributed by atoms with Gasteiger partial charge in [0.25, 0.3) is 0 Å². The predicted molar refractivity (Wildman–Crippen MR) is 80.5 cm³/mol. The Hall–Kier alpha value is -1.31. The Morgan fingerprint density at radius 2 is 2.10 bits per heavy atom. The van der Waals surface area contributed by atoms with Gasteiger partial charge in [0.1, 0.15) is 5.75 Å². The zero-order chi connectivity index (χ0) is 15.2. The third-order valence-electron chi connectivity index (χ3n) is 4.49. The third-order valence-corrected chi connectivity index (χ3v) is 6.46. The number of fused-ring (bicyclic) bond motifs is 1. The van der Waals surface area contributed by atoms with Crippen LogP contribution in [0.3, 0.4) is 0 Å². The van der Waals surface area contributed by atoms with Gasteiger partial charge in [-0.3, -0.25) is 4.90 Å². The first kappa shape index (κ1) is 14.6. The minimum Gasteiger partial charge on any atom is -0.506 e. The summed E-state index contributed by atoms with van der Waals surface area (Å²) in [5.74, 6) is -0.0948. The van der Waals surface area contributed by atoms with Crippen molar-refractivity contribution in [3.8, 4) is 5.75 Å². The largest absolute Gasteiger partial charge is 0.506 e. The molecule has 2 unspecified atom stereocenters. The molecule has 2 fully saturated rings. The average Bonchev–Trinajstić information content (AvgIpc) is 2.87. The molecule has 2 atom stereocenters. The summed E-state index contributed by atoms with van der Waals surface area (Å²) in [7, 11) is -3.57. The van der Waals surface area contributed by atoms with Crippen molar-refractivity contribution in [1.82, 2.24) is 9.21 Å². The summed E-state index contributed by atoms with van der Waals surface area (Å²) in [6.45, 7) is 4.31. The Kier molecular flexibility index (Phi) is 3.59. The quantitative estimate of drug-likeness (QED) is 0.624. The number of nitrogens with zero attached hydrogens (tertiary/aromatic N) is 2. The minimum absolute atomic E-state index is 0.0561. The smallest absolute Gasteiger partial charge is 0.243 e. The van der Waals surface area contributed by atoms with Gasteiger partial charge in [0.05, 0.1) is 10.6 Å². The number of anilines is 1. The number of piperazine rings is 1. The van der Waals surface area contributed by atoms with E-state index < -0.39 is 10.0 Å². The lowest BCUT2D eigenvalue weighted by Gasteiger charge is -2.41. The number of sulfonamides is 1. The fourth-order valence-corrected chi connectivity index (χ4v) is 5.02. The van der Waals surface area contributed by atoms with E-state index in [9.17, 15) is 13.5 Å². The number of rotatable bonds is 2. The number of hydrogen-bond acceptors (Lipinski definition) is 5. The molecule has 0 saturated carbocycles. The second-order valence-electron chi connectivity index (χ2n) is 5.94. The Labute approximate surface area is 125 Å². The normalized spacial score (nSPS) is 27.7. The third kappa shape index (κ3) is 2.49. The van der Waals surface area contributed by atoms with Crippen molar-refractivity contribution in [1.29, 1.82) is 0 Å². The van der Waals surface area contributed by atoms with E-state index in [0.717, 1.165) is 25.9 Å². The van der Waals surface area contributed by atoms with Gasteiger partial charge in [0, 0.05) is 25.2 Å². The maximum Gasteiger partial charge on any atom is 0.243 e. The molecule has 1 aromatic rings. The van der Waals surface area contributed by atoms with E-state index in [1.165, 1.54) is 18.2 Å². The van der Waals surface area contributed by atoms with Crippen molar-refractivity contribution in [3.05, 3.63) is 18.2 Å². The molecule has 0 aromatic heterocycles. The number of nitrogens with two attached hydrogens (primary N) is 1. The average molecular weight is 311 g/mol. The zero-order valence-electron chi connectivity index (χ0n) is 12.1. The molecule has 6 nitrogen and oxygen atoms in total. The summed E-state index contributed by atoms with van der Waals surface area (Å²) in [5, 5.41) is 9.45. The van der Waals surface area contributed by atoms with Crippen LogP contribution in [0.5, 0.6) is 5.75 Å². The van der Waals surface area contributed by atoms with Crippen molar-refractivity contribution in [3.63, 3.8) is 0 Å². The van der Waals surface area contributed by atoms with E-state index in [2.05, 4.69) is 4.90 Å². The second kappa shape index (κ2) is 5.15. The summed E-state index contributed by atoms with van der Waals surface area (Å²) in [6.07, 6.45) is 2.19. The van der Waals surface area contributed by atoms with Crippen LogP contribution in [0.25, 0.3) is 0 Å². The second-order valence-corrected chi connectivity index (χ2v) is 7.83. The van der Waals surface area contributed by atoms with E-state index in [4.69, 9.17) is 5.73 Å². The van der Waals surface area contributed by atoms with Gasteiger partial charge in [-0.25, -0.2) is 8.42 Å². The van der Waals surface area contributed by atoms with Crippen LogP contribution >= 0.6 is 0 Å². The van der Waals surface area contributed by atoms with E-state index in [0.29, 0.717) is 12.6 Å². The summed E-state index contributed by atoms with van der Waals surface area (Å²) in [4.78, 5) is 2.53. The summed E-state index contributed by atoms with van der Waals surface area (Å²) < 4.78 is 27.2. The van der Waals surface area contributed by atoms with Crippen LogP contribution in [-0.4, -0.2) is 54.4 Å². The number of hydrogen-bond donors (Lipinski definition) is 2. The highest BCUT2D eigenvalue weighted by molar-refractivity contribution is 7.89. The lowest BCUT2D eigenvalue weighted by Crippen LogP contribution is -2.56. The molecule has 3 rings (SSSR count). The Balaban J connectivity index is 1.91. The Morgan fingerprint density at radius 1 is 1.33 bits per heavy atom. The van der Waals surface area contributed by atoms with Gasteiger partial charge < -0.3 is 10.8 Å². The number of phenols is 1. The molecule has 0 radical (unpaired) electrons. The van der Waals surface area contributed by atoms with Gasteiger partial charge in [0.15, 0.2) is 0 Å². The monoisotopic (exact) mass is 311 g/mol. The predicted octanol–water partition coefficient (Wildman–Crippen LogP) is 0.832. The minimum atomic E-state index is -3.57. The van der Waals surface area contributed by atoms with Crippen molar-refractivity contribution in [2.45, 2.75) is 36.7 Å². The van der Waals surface area contributed by atoms with Gasteiger partial charge in [-0.15, -0.1) is 0 Å². The van der Waals surface area contributed by atoms with Crippen LogP contribution in [0, 0.1) is 0 Å². The maximum atomic E-state index is 12.8. The van der Waals surface area contributed by atoms with Crippen LogP contribution < -0.4 is 5.73 Å². The topological polar surface area (TPSA) is 86.9 Å². The van der Waals surface area contributed by atoms with E-state index >= 15 is 0 Å². The Morgan fingerprint density at radius 3 is 2.81 bits per heavy atom. The molecule has 7 heteroatoms. The van der Waals surface area contributed by atoms with Crippen LogP contribution in [0.4, 0.5) is 5.69 Å². The molecule has 2 aliphatic rings. The molecule has 21 heavy (non-hydrogen) atoms. The van der Waals surface area contributed by atoms with E-state index in [1.807, 2.05) is 6.92 Å². The molecular formula is C14H21N3O3S. The van der Waals surface area contributed by atoms with Crippen molar-refractivity contribution < 1.29 is 13.5 Å². The van der Waals surface area contributed by atoms with Crippen molar-refractivity contribution >= 4 is 15.7 Å². The molecule has 0 bridgehead atoms. The molecule has 2 heterocycles. The maximum absolute atomic E-state index is 12.8. The highest BCUT2D eigenvalue weighted by atomic mass is 32.2. The first-order chi connectivity index (χ1) is 9.89. The standard InChI is InChI=1S/C14H21N3O3S/c1-10-8-16-6-2-3-11(16)9-17(10)21(19,20)12-4-5-14(18)13(15)7-12/h4-5,7,10-11,18H,2-3,6,8-9,15H2,1H3. The van der Waals surface area contributed by atoms with E-state index in [1.54, 1.807) is 4.31 Å². The molecule has 0 aliphatic carbocycles. The molecule has 2 aliphatic heterocycles. The first-order valence-electron chi connectivity index (χ1n) is 7.24. The number of phenolic OH excluding ortho intramolecular Hbond substituents is 1. The number of nitrogen functional groups attached to an aromatic ring is 1. The van der Waals surface area contributed by atoms with Crippen molar-refractivity contribution in [2.24, 2.45) is 0 Å². The highest BCUT2D eigenvalue weighted by Gasteiger charge is 2.40. The van der Waals surface area contributed by atoms with Crippen LogP contribution in [-0.2, 0) is 10.0 Å². The summed E-state index contributed by atoms with van der Waals surface area (Å²) in [5.41, 5.74) is 5.71. The van der Waals surface area contributed by atoms with Gasteiger partial charge in [-0.1, -0.05) is 0 Å². The Bertz CT molecular complexity index is 647. The van der Waals surface area contributed by atoms with Crippen molar-refractivity contribution in [2.75, 3.05) is 25.4 Å². The van der Waals surface area contributed by atoms with Crippen LogP contribution in [0.1, 0.15) is 19.8 Å². The molecule has 116 valence electrons. The summed E-state index contributed by atoms with van der Waals surface area (Å²) >= 11 is 0. The summed E-state index contributed by atoms with van der Waals surface area (Å²) in [6, 6.07) is 4.34. The lowest BCUT2D eigenvalue weighted by atomic mass is 10.1. The van der Waals surface area contributed by atoms with Crippen LogP contribution in [0.15, 0.2) is 23.1 Å². The fraction of sp³-hybridized carbons (Fsp3) is 0.571. The van der Waals surface area contributed by atoms with Gasteiger partial charge in [0.2, 0.25) is 10.0 Å². The zero-order valence-corrected chi connectivity index (χ0v) is 12.9. The molecule has 3 N–H and O–H groups in total. The first-order valence-corrected chi connectivity index (χ1v) is 8.68. The SMILES string of the molecule is CC1CN2CCCC2CN1S(=O)(=O)c1ccc(O)c(N)c1. The lowest BCUT2D eigenvalue weighted by molar-refractivity contribution is 0.117. The van der Waals surface area contributed by atoms with Gasteiger partial charge in [-0.05, 0) is 44.5 Å². The molecule has 0 amide bonds.